The zero-order valence-corrected chi connectivity index (χ0v) is 25.6. The van der Waals surface area contributed by atoms with Gasteiger partial charge in [-0.2, -0.15) is 0 Å². The van der Waals surface area contributed by atoms with E-state index in [-0.39, 0.29) is 42.7 Å². The van der Waals surface area contributed by atoms with Crippen molar-refractivity contribution in [1.29, 1.82) is 0 Å². The number of carbonyl (C=O) groups excluding carboxylic acids is 3. The first kappa shape index (κ1) is 30.7. The lowest BCUT2D eigenvalue weighted by molar-refractivity contribution is -0.123. The van der Waals surface area contributed by atoms with Gasteiger partial charge < -0.3 is 19.5 Å². The van der Waals surface area contributed by atoms with Gasteiger partial charge in [-0.25, -0.2) is 0 Å². The van der Waals surface area contributed by atoms with Crippen molar-refractivity contribution in [2.75, 3.05) is 32.2 Å². The number of ether oxygens (including phenoxy) is 3. The van der Waals surface area contributed by atoms with Crippen LogP contribution in [-0.2, 0) is 9.59 Å². The van der Waals surface area contributed by atoms with Crippen molar-refractivity contribution in [2.45, 2.75) is 40.5 Å². The van der Waals surface area contributed by atoms with Crippen LogP contribution in [0.4, 0.5) is 10.5 Å². The average Bonchev–Trinajstić information content (AvgIpc) is 3.21. The Morgan fingerprint density at radius 2 is 1.76 bits per heavy atom. The molecule has 1 N–H and O–H groups in total. The van der Waals surface area contributed by atoms with Gasteiger partial charge in [0.1, 0.15) is 12.4 Å². The lowest BCUT2D eigenvalue weighted by Gasteiger charge is -2.17. The van der Waals surface area contributed by atoms with Crippen molar-refractivity contribution in [1.82, 2.24) is 4.90 Å². The predicted octanol–water partition coefficient (Wildman–Crippen LogP) is 6.88. The van der Waals surface area contributed by atoms with Gasteiger partial charge in [-0.15, -0.1) is 0 Å². The van der Waals surface area contributed by atoms with Crippen molar-refractivity contribution in [2.24, 2.45) is 0 Å². The fourth-order valence-electron chi connectivity index (χ4n) is 4.44. The third-order valence-electron chi connectivity index (χ3n) is 6.96. The van der Waals surface area contributed by atoms with Crippen molar-refractivity contribution >= 4 is 40.6 Å². The van der Waals surface area contributed by atoms with Crippen LogP contribution in [-0.4, -0.2) is 48.8 Å². The summed E-state index contributed by atoms with van der Waals surface area (Å²) in [5.74, 6) is 1.17. The van der Waals surface area contributed by atoms with Crippen LogP contribution in [0.2, 0.25) is 0 Å². The maximum atomic E-state index is 13.0. The second-order valence-corrected chi connectivity index (χ2v) is 11.4. The van der Waals surface area contributed by atoms with Crippen LogP contribution >= 0.6 is 11.8 Å². The summed E-state index contributed by atoms with van der Waals surface area (Å²) < 4.78 is 17.2. The van der Waals surface area contributed by atoms with Crippen LogP contribution in [0.25, 0.3) is 6.08 Å². The second kappa shape index (κ2) is 13.6. The summed E-state index contributed by atoms with van der Waals surface area (Å²) in [6.45, 7) is 10.3. The lowest BCUT2D eigenvalue weighted by atomic mass is 10.0. The summed E-state index contributed by atoms with van der Waals surface area (Å²) in [4.78, 5) is 39.7. The van der Waals surface area contributed by atoms with Crippen LogP contribution < -0.4 is 19.5 Å². The molecule has 0 atom stereocenters. The number of rotatable bonds is 11. The highest BCUT2D eigenvalue weighted by atomic mass is 32.2. The van der Waals surface area contributed by atoms with Crippen molar-refractivity contribution in [3.05, 3.63) is 87.3 Å². The van der Waals surface area contributed by atoms with Crippen LogP contribution in [0.5, 0.6) is 17.2 Å². The van der Waals surface area contributed by atoms with Gasteiger partial charge in [0.15, 0.2) is 18.1 Å². The summed E-state index contributed by atoms with van der Waals surface area (Å²) in [6, 6.07) is 16.9. The normalized spacial score (nSPS) is 14.1. The van der Waals surface area contributed by atoms with E-state index in [1.165, 1.54) is 12.0 Å². The van der Waals surface area contributed by atoms with Gasteiger partial charge in [-0.3, -0.25) is 19.3 Å². The third kappa shape index (κ3) is 7.33. The molecule has 9 heteroatoms. The number of thioether (sulfide) groups is 1. The Labute approximate surface area is 251 Å². The zero-order chi connectivity index (χ0) is 30.4. The van der Waals surface area contributed by atoms with Gasteiger partial charge in [0, 0.05) is 5.69 Å². The van der Waals surface area contributed by atoms with Crippen LogP contribution in [0.1, 0.15) is 47.6 Å². The molecule has 0 unspecified atom stereocenters. The molecular formula is C33H36N2O6S. The second-order valence-electron chi connectivity index (χ2n) is 10.4. The third-order valence-corrected chi connectivity index (χ3v) is 7.87. The quantitative estimate of drug-likeness (QED) is 0.244. The van der Waals surface area contributed by atoms with Crippen molar-refractivity contribution < 1.29 is 28.6 Å². The fraction of sp³-hybridized carbons (Fsp3) is 0.303. The molecule has 3 aromatic carbocycles. The minimum absolute atomic E-state index is 0.147. The van der Waals surface area contributed by atoms with Gasteiger partial charge in [0.2, 0.25) is 0 Å². The number of anilines is 1. The topological polar surface area (TPSA) is 94.2 Å². The Morgan fingerprint density at radius 1 is 0.976 bits per heavy atom. The van der Waals surface area contributed by atoms with Crippen molar-refractivity contribution in [3.8, 4) is 17.2 Å². The molecule has 0 bridgehead atoms. The van der Waals surface area contributed by atoms with E-state index in [0.717, 1.165) is 45.5 Å². The fourth-order valence-corrected chi connectivity index (χ4v) is 5.31. The number of benzene rings is 3. The summed E-state index contributed by atoms with van der Waals surface area (Å²) in [5.41, 5.74) is 5.63. The Hall–Kier alpha value is -4.24. The Bertz CT molecular complexity index is 1530. The number of nitrogens with one attached hydrogen (secondary N) is 1. The van der Waals surface area contributed by atoms with Gasteiger partial charge in [-0.1, -0.05) is 44.2 Å². The van der Waals surface area contributed by atoms with E-state index in [0.29, 0.717) is 22.0 Å². The van der Waals surface area contributed by atoms with Gasteiger partial charge >= 0.3 is 0 Å². The zero-order valence-electron chi connectivity index (χ0n) is 24.8. The minimum Gasteiger partial charge on any atom is -0.493 e. The molecule has 8 nitrogen and oxygen atoms in total. The molecule has 0 aliphatic carbocycles. The van der Waals surface area contributed by atoms with E-state index in [1.54, 1.807) is 24.3 Å². The number of aryl methyl sites for hydroxylation is 2. The SMILES string of the molecule is COc1cc(/C=C2\SC(=O)N(CCOc3cc(C)ccc3C(C)C)C2=O)ccc1OCC(=O)Nc1cccc(C)c1C. The molecule has 1 heterocycles. The molecule has 4 rings (SSSR count). The average molecular weight is 589 g/mol. The highest BCUT2D eigenvalue weighted by Gasteiger charge is 2.35. The van der Waals surface area contributed by atoms with E-state index >= 15 is 0 Å². The number of hydrogen-bond acceptors (Lipinski definition) is 7. The summed E-state index contributed by atoms with van der Waals surface area (Å²) in [7, 11) is 1.49. The van der Waals surface area contributed by atoms with Crippen LogP contribution in [0.3, 0.4) is 0 Å². The first-order valence-corrected chi connectivity index (χ1v) is 14.5. The monoisotopic (exact) mass is 588 g/mol. The molecule has 0 radical (unpaired) electrons. The van der Waals surface area contributed by atoms with E-state index < -0.39 is 0 Å². The summed E-state index contributed by atoms with van der Waals surface area (Å²) >= 11 is 0.886. The Kier molecular flexibility index (Phi) is 9.96. The molecule has 0 spiro atoms. The summed E-state index contributed by atoms with van der Waals surface area (Å²) in [5, 5.41) is 2.52. The Balaban J connectivity index is 1.37. The van der Waals surface area contributed by atoms with Crippen molar-refractivity contribution in [3.63, 3.8) is 0 Å². The summed E-state index contributed by atoms with van der Waals surface area (Å²) in [6.07, 6.45) is 1.64. The molecular weight excluding hydrogens is 552 g/mol. The number of hydrogen-bond donors (Lipinski definition) is 1. The molecule has 0 saturated carbocycles. The lowest BCUT2D eigenvalue weighted by Crippen LogP contribution is -2.32. The van der Waals surface area contributed by atoms with Gasteiger partial charge in [0.05, 0.1) is 18.6 Å². The van der Waals surface area contributed by atoms with Crippen LogP contribution in [0, 0.1) is 20.8 Å². The first-order chi connectivity index (χ1) is 20.1. The number of nitrogens with zero attached hydrogens (tertiary/aromatic N) is 1. The molecule has 220 valence electrons. The molecule has 1 fully saturated rings. The molecule has 0 aromatic heterocycles. The maximum absolute atomic E-state index is 13.0. The molecule has 1 aliphatic heterocycles. The Morgan fingerprint density at radius 3 is 2.50 bits per heavy atom. The molecule has 1 saturated heterocycles. The van der Waals surface area contributed by atoms with Crippen LogP contribution in [0.15, 0.2) is 59.5 Å². The van der Waals surface area contributed by atoms with Gasteiger partial charge in [-0.05, 0) is 96.6 Å². The molecule has 3 amide bonds. The largest absolute Gasteiger partial charge is 0.493 e. The van der Waals surface area contributed by atoms with Gasteiger partial charge in [0.25, 0.3) is 17.1 Å². The standard InChI is InChI=1S/C33H36N2O6S/c1-20(2)25-12-10-21(3)16-28(25)40-15-14-35-32(37)30(42-33(35)38)18-24-11-13-27(29(17-24)39-6)41-19-31(36)34-26-9-7-8-22(4)23(26)5/h7-13,16-18,20H,14-15,19H2,1-6H3,(H,34,36)/b30-18-. The highest BCUT2D eigenvalue weighted by molar-refractivity contribution is 8.18. The smallest absolute Gasteiger partial charge is 0.293 e. The van der Waals surface area contributed by atoms with E-state index in [9.17, 15) is 14.4 Å². The van der Waals surface area contributed by atoms with E-state index in [2.05, 4.69) is 19.2 Å². The molecule has 1 aliphatic rings. The highest BCUT2D eigenvalue weighted by Crippen LogP contribution is 2.35. The predicted molar refractivity (Wildman–Crippen MR) is 166 cm³/mol. The maximum Gasteiger partial charge on any atom is 0.293 e. The van der Waals surface area contributed by atoms with E-state index in [4.69, 9.17) is 14.2 Å². The minimum atomic E-state index is -0.371. The number of methoxy groups -OCH3 is 1. The molecule has 3 aromatic rings. The van der Waals surface area contributed by atoms with E-state index in [1.807, 2.05) is 57.2 Å². The number of imide groups is 1. The number of amides is 3. The first-order valence-electron chi connectivity index (χ1n) is 13.7. The molecule has 42 heavy (non-hydrogen) atoms. The number of carbonyl (C=O) groups is 3.